The van der Waals surface area contributed by atoms with Crippen molar-refractivity contribution in [3.63, 3.8) is 0 Å². The molecular formula is C15H13ClF3N5O2. The number of alkyl halides is 3. The van der Waals surface area contributed by atoms with Crippen LogP contribution < -0.4 is 9.80 Å². The highest BCUT2D eigenvalue weighted by Gasteiger charge is 2.37. The summed E-state index contributed by atoms with van der Waals surface area (Å²) < 4.78 is 38.9. The molecular weight excluding hydrogens is 375 g/mol. The third kappa shape index (κ3) is 3.64. The zero-order chi connectivity index (χ0) is 18.9. The van der Waals surface area contributed by atoms with Crippen LogP contribution in [0.1, 0.15) is 5.56 Å². The first-order valence-electron chi connectivity index (χ1n) is 7.59. The number of aromatic nitrogens is 2. The standard InChI is InChI=1S/C15H13ClF3N5O2/c16-11-9-12(13(24(25)26)8-10(11)15(17,18)19)22-4-6-23(7-5-22)14-20-2-1-3-21-14/h1-3,8-9H,4-7H2. The first-order valence-corrected chi connectivity index (χ1v) is 7.97. The van der Waals surface area contributed by atoms with E-state index in [-0.39, 0.29) is 5.69 Å². The van der Waals surface area contributed by atoms with Gasteiger partial charge in [0, 0.05) is 44.6 Å². The lowest BCUT2D eigenvalue weighted by molar-refractivity contribution is -0.384. The number of anilines is 2. The lowest BCUT2D eigenvalue weighted by Crippen LogP contribution is -2.47. The fourth-order valence-electron chi connectivity index (χ4n) is 2.77. The zero-order valence-corrected chi connectivity index (χ0v) is 14.0. The summed E-state index contributed by atoms with van der Waals surface area (Å²) in [6.45, 7) is 1.67. The minimum atomic E-state index is -4.76. The molecule has 1 saturated heterocycles. The van der Waals surface area contributed by atoms with Crippen LogP contribution >= 0.6 is 11.6 Å². The van der Waals surface area contributed by atoms with Crippen molar-refractivity contribution in [3.05, 3.63) is 51.3 Å². The van der Waals surface area contributed by atoms with E-state index < -0.39 is 27.4 Å². The van der Waals surface area contributed by atoms with Crippen molar-refractivity contribution in [2.75, 3.05) is 36.0 Å². The first kappa shape index (κ1) is 18.2. The minimum absolute atomic E-state index is 0.0710. The van der Waals surface area contributed by atoms with Crippen LogP contribution in [0.15, 0.2) is 30.6 Å². The Balaban J connectivity index is 1.86. The predicted octanol–water partition coefficient (Wildman–Crippen LogP) is 3.38. The van der Waals surface area contributed by atoms with E-state index in [9.17, 15) is 23.3 Å². The van der Waals surface area contributed by atoms with Crippen LogP contribution in [-0.2, 0) is 6.18 Å². The lowest BCUT2D eigenvalue weighted by atomic mass is 10.1. The molecule has 138 valence electrons. The Kier molecular flexibility index (Phi) is 4.86. The molecule has 1 aliphatic heterocycles. The van der Waals surface area contributed by atoms with E-state index in [4.69, 9.17) is 11.6 Å². The monoisotopic (exact) mass is 387 g/mol. The molecule has 1 aliphatic rings. The van der Waals surface area contributed by atoms with Gasteiger partial charge in [0.1, 0.15) is 5.69 Å². The number of nitro benzene ring substituents is 1. The molecule has 0 bridgehead atoms. The van der Waals surface area contributed by atoms with E-state index in [1.807, 2.05) is 4.90 Å². The van der Waals surface area contributed by atoms with Crippen LogP contribution in [0.4, 0.5) is 30.5 Å². The normalized spacial score (nSPS) is 15.2. The van der Waals surface area contributed by atoms with Crippen molar-refractivity contribution in [2.45, 2.75) is 6.18 Å². The van der Waals surface area contributed by atoms with Crippen LogP contribution in [0, 0.1) is 10.1 Å². The van der Waals surface area contributed by atoms with Gasteiger partial charge in [-0.05, 0) is 12.1 Å². The summed E-state index contributed by atoms with van der Waals surface area (Å²) in [7, 11) is 0. The van der Waals surface area contributed by atoms with Gasteiger partial charge in [0.2, 0.25) is 5.95 Å². The molecule has 0 atom stereocenters. The van der Waals surface area contributed by atoms with Crippen LogP contribution in [-0.4, -0.2) is 41.1 Å². The summed E-state index contributed by atoms with van der Waals surface area (Å²) in [5.41, 5.74) is -1.77. The van der Waals surface area contributed by atoms with Crippen molar-refractivity contribution in [1.29, 1.82) is 0 Å². The van der Waals surface area contributed by atoms with Crippen molar-refractivity contribution >= 4 is 28.9 Å². The quantitative estimate of drug-likeness (QED) is 0.593. The molecule has 3 rings (SSSR count). The average Bonchev–Trinajstić information content (AvgIpc) is 2.61. The number of nitro groups is 1. The molecule has 0 aliphatic carbocycles. The summed E-state index contributed by atoms with van der Waals surface area (Å²) in [6.07, 6.45) is -1.55. The Bertz CT molecular complexity index is 811. The number of hydrogen-bond donors (Lipinski definition) is 0. The van der Waals surface area contributed by atoms with Gasteiger partial charge in [-0.1, -0.05) is 11.6 Å². The van der Waals surface area contributed by atoms with Gasteiger partial charge >= 0.3 is 6.18 Å². The van der Waals surface area contributed by atoms with E-state index in [1.54, 1.807) is 23.4 Å². The van der Waals surface area contributed by atoms with Gasteiger partial charge in [0.05, 0.1) is 15.5 Å². The molecule has 1 aromatic heterocycles. The van der Waals surface area contributed by atoms with E-state index in [1.165, 1.54) is 0 Å². The molecule has 11 heteroatoms. The largest absolute Gasteiger partial charge is 0.418 e. The number of benzene rings is 1. The van der Waals surface area contributed by atoms with Crippen molar-refractivity contribution in [1.82, 2.24) is 9.97 Å². The molecule has 7 nitrogen and oxygen atoms in total. The van der Waals surface area contributed by atoms with Crippen LogP contribution in [0.5, 0.6) is 0 Å². The van der Waals surface area contributed by atoms with Gasteiger partial charge < -0.3 is 9.80 Å². The van der Waals surface area contributed by atoms with Crippen molar-refractivity contribution in [2.24, 2.45) is 0 Å². The smallest absolute Gasteiger partial charge is 0.362 e. The number of halogens is 4. The van der Waals surface area contributed by atoms with E-state index in [2.05, 4.69) is 9.97 Å². The van der Waals surface area contributed by atoms with E-state index >= 15 is 0 Å². The fourth-order valence-corrected chi connectivity index (χ4v) is 3.04. The zero-order valence-electron chi connectivity index (χ0n) is 13.3. The second-order valence-electron chi connectivity index (χ2n) is 5.60. The summed E-state index contributed by atoms with van der Waals surface area (Å²) >= 11 is 5.73. The molecule has 0 saturated carbocycles. The summed E-state index contributed by atoms with van der Waals surface area (Å²) in [4.78, 5) is 22.3. The number of nitrogens with zero attached hydrogens (tertiary/aromatic N) is 5. The van der Waals surface area contributed by atoms with Gasteiger partial charge in [-0.25, -0.2) is 9.97 Å². The Morgan fingerprint density at radius 3 is 2.19 bits per heavy atom. The molecule has 2 heterocycles. The maximum atomic E-state index is 13.0. The second kappa shape index (κ2) is 6.94. The Morgan fingerprint density at radius 1 is 1.08 bits per heavy atom. The minimum Gasteiger partial charge on any atom is -0.362 e. The molecule has 0 unspecified atom stereocenters. The van der Waals surface area contributed by atoms with E-state index in [0.29, 0.717) is 38.2 Å². The highest BCUT2D eigenvalue weighted by Crippen LogP contribution is 2.41. The van der Waals surface area contributed by atoms with E-state index in [0.717, 1.165) is 6.07 Å². The maximum Gasteiger partial charge on any atom is 0.418 e. The maximum absolute atomic E-state index is 13.0. The number of piperazine rings is 1. The van der Waals surface area contributed by atoms with Crippen LogP contribution in [0.25, 0.3) is 0 Å². The average molecular weight is 388 g/mol. The first-order chi connectivity index (χ1) is 12.3. The van der Waals surface area contributed by atoms with Gasteiger partial charge in [0.25, 0.3) is 5.69 Å². The topological polar surface area (TPSA) is 75.4 Å². The summed E-state index contributed by atoms with van der Waals surface area (Å²) in [5.74, 6) is 0.534. The van der Waals surface area contributed by atoms with Crippen LogP contribution in [0.2, 0.25) is 5.02 Å². The highest BCUT2D eigenvalue weighted by molar-refractivity contribution is 6.31. The van der Waals surface area contributed by atoms with Gasteiger partial charge in [-0.3, -0.25) is 10.1 Å². The van der Waals surface area contributed by atoms with Crippen molar-refractivity contribution < 1.29 is 18.1 Å². The highest BCUT2D eigenvalue weighted by atomic mass is 35.5. The Hall–Kier alpha value is -2.62. The van der Waals surface area contributed by atoms with Gasteiger partial charge in [0.15, 0.2) is 0 Å². The molecule has 0 radical (unpaired) electrons. The summed E-state index contributed by atoms with van der Waals surface area (Å²) in [5, 5.41) is 10.7. The fraction of sp³-hybridized carbons (Fsp3) is 0.333. The SMILES string of the molecule is O=[N+]([O-])c1cc(C(F)(F)F)c(Cl)cc1N1CCN(c2ncccn2)CC1. The molecule has 2 aromatic rings. The summed E-state index contributed by atoms with van der Waals surface area (Å²) in [6, 6.07) is 3.19. The Morgan fingerprint density at radius 2 is 1.65 bits per heavy atom. The number of hydrogen-bond acceptors (Lipinski definition) is 6. The third-order valence-corrected chi connectivity index (χ3v) is 4.33. The number of rotatable bonds is 3. The predicted molar refractivity (Wildman–Crippen MR) is 89.6 cm³/mol. The second-order valence-corrected chi connectivity index (χ2v) is 6.01. The lowest BCUT2D eigenvalue weighted by Gasteiger charge is -2.35. The molecule has 26 heavy (non-hydrogen) atoms. The molecule has 1 aromatic carbocycles. The molecule has 0 N–H and O–H groups in total. The molecule has 1 fully saturated rings. The Labute approximate surface area is 151 Å². The molecule has 0 spiro atoms. The third-order valence-electron chi connectivity index (χ3n) is 4.02. The van der Waals surface area contributed by atoms with Gasteiger partial charge in [-0.2, -0.15) is 13.2 Å². The van der Waals surface area contributed by atoms with Crippen LogP contribution in [0.3, 0.4) is 0 Å². The molecule has 0 amide bonds. The van der Waals surface area contributed by atoms with Crippen molar-refractivity contribution in [3.8, 4) is 0 Å². The van der Waals surface area contributed by atoms with Gasteiger partial charge in [-0.15, -0.1) is 0 Å².